The van der Waals surface area contributed by atoms with Gasteiger partial charge in [-0.2, -0.15) is 0 Å². The molecule has 0 atom stereocenters. The number of nitrogens with one attached hydrogen (secondary N) is 1. The normalized spacial score (nSPS) is 10.7. The van der Waals surface area contributed by atoms with Gasteiger partial charge in [0, 0.05) is 34.3 Å². The molecule has 0 unspecified atom stereocenters. The van der Waals surface area contributed by atoms with E-state index in [9.17, 15) is 9.59 Å². The van der Waals surface area contributed by atoms with Crippen LogP contribution in [0, 0.1) is 13.8 Å². The summed E-state index contributed by atoms with van der Waals surface area (Å²) in [7, 11) is 0. The smallest absolute Gasteiger partial charge is 0.258 e. The number of carbonyl (C=O) groups is 2. The Bertz CT molecular complexity index is 1250. The number of rotatable bonds is 7. The second kappa shape index (κ2) is 9.62. The highest BCUT2D eigenvalue weighted by atomic mass is 32.2. The third kappa shape index (κ3) is 4.78. The Balaban J connectivity index is 1.51. The lowest BCUT2D eigenvalue weighted by molar-refractivity contribution is 0.101. The summed E-state index contributed by atoms with van der Waals surface area (Å²) in [6, 6.07) is 19.4. The minimum absolute atomic E-state index is 0.0983. The van der Waals surface area contributed by atoms with Gasteiger partial charge in [0.15, 0.2) is 5.78 Å². The van der Waals surface area contributed by atoms with E-state index in [1.807, 2.05) is 32.0 Å². The molecule has 4 aromatic rings. The van der Waals surface area contributed by atoms with E-state index in [0.29, 0.717) is 33.2 Å². The van der Waals surface area contributed by atoms with E-state index in [1.165, 1.54) is 11.8 Å². The van der Waals surface area contributed by atoms with Gasteiger partial charge in [0.2, 0.25) is 0 Å². The van der Waals surface area contributed by atoms with Crippen LogP contribution < -0.4 is 5.32 Å². The third-order valence-corrected chi connectivity index (χ3v) is 6.00. The Morgan fingerprint density at radius 2 is 1.75 bits per heavy atom. The van der Waals surface area contributed by atoms with Gasteiger partial charge in [-0.25, -0.2) is 4.98 Å². The maximum atomic E-state index is 13.0. The molecule has 1 amide bonds. The van der Waals surface area contributed by atoms with E-state index < -0.39 is 0 Å². The Hall–Kier alpha value is -3.71. The third-order valence-electron chi connectivity index (χ3n) is 4.97. The number of anilines is 1. The van der Waals surface area contributed by atoms with Crippen molar-refractivity contribution < 1.29 is 14.1 Å². The van der Waals surface area contributed by atoms with Gasteiger partial charge in [-0.3, -0.25) is 9.59 Å². The molecule has 0 spiro atoms. The molecule has 6 nitrogen and oxygen atoms in total. The van der Waals surface area contributed by atoms with Crippen LogP contribution in [0.2, 0.25) is 0 Å². The molecule has 0 aliphatic heterocycles. The summed E-state index contributed by atoms with van der Waals surface area (Å²) in [5, 5.41) is 7.47. The molecule has 1 N–H and O–H groups in total. The number of aryl methyl sites for hydroxylation is 2. The lowest BCUT2D eigenvalue weighted by Crippen LogP contribution is -2.14. The van der Waals surface area contributed by atoms with Crippen molar-refractivity contribution in [2.24, 2.45) is 0 Å². The summed E-state index contributed by atoms with van der Waals surface area (Å²) in [6.07, 6.45) is 1.66. The zero-order valence-electron chi connectivity index (χ0n) is 17.7. The second-order valence-electron chi connectivity index (χ2n) is 7.18. The maximum absolute atomic E-state index is 13.0. The second-order valence-corrected chi connectivity index (χ2v) is 8.14. The molecule has 0 bridgehead atoms. The summed E-state index contributed by atoms with van der Waals surface area (Å²) in [4.78, 5) is 30.1. The summed E-state index contributed by atoms with van der Waals surface area (Å²) in [5.41, 5.74) is 3.94. The van der Waals surface area contributed by atoms with Crippen molar-refractivity contribution in [1.29, 1.82) is 0 Å². The molecule has 32 heavy (non-hydrogen) atoms. The monoisotopic (exact) mass is 443 g/mol. The first-order valence-corrected chi connectivity index (χ1v) is 11.0. The molecule has 0 saturated heterocycles. The number of aromatic nitrogens is 2. The van der Waals surface area contributed by atoms with Crippen molar-refractivity contribution in [1.82, 2.24) is 10.1 Å². The van der Waals surface area contributed by atoms with E-state index >= 15 is 0 Å². The molecule has 2 aromatic heterocycles. The van der Waals surface area contributed by atoms with Gasteiger partial charge < -0.3 is 9.84 Å². The van der Waals surface area contributed by atoms with Gasteiger partial charge in [0.25, 0.3) is 5.91 Å². The lowest BCUT2D eigenvalue weighted by atomic mass is 10.0. The topological polar surface area (TPSA) is 85.1 Å². The number of carbonyl (C=O) groups excluding carboxylic acids is 2. The minimum Gasteiger partial charge on any atom is -0.361 e. The number of nitrogens with zero attached hydrogens (tertiary/aromatic N) is 2. The van der Waals surface area contributed by atoms with Crippen molar-refractivity contribution in [2.45, 2.75) is 24.6 Å². The maximum Gasteiger partial charge on any atom is 0.258 e. The molecule has 2 aromatic carbocycles. The first-order chi connectivity index (χ1) is 15.5. The molecule has 0 aliphatic rings. The number of hydrogen-bond donors (Lipinski definition) is 1. The fourth-order valence-corrected chi connectivity index (χ4v) is 4.36. The van der Waals surface area contributed by atoms with Gasteiger partial charge in [0.1, 0.15) is 10.8 Å². The lowest BCUT2D eigenvalue weighted by Gasteiger charge is -2.10. The Kier molecular flexibility index (Phi) is 6.47. The highest BCUT2D eigenvalue weighted by Crippen LogP contribution is 2.27. The zero-order valence-corrected chi connectivity index (χ0v) is 18.5. The van der Waals surface area contributed by atoms with Crippen LogP contribution in [0.15, 0.2) is 82.5 Å². The number of thioether (sulfide) groups is 1. The van der Waals surface area contributed by atoms with E-state index in [0.717, 1.165) is 17.0 Å². The molecule has 160 valence electrons. The molecule has 2 heterocycles. The number of hydrogen-bond acceptors (Lipinski definition) is 6. The number of pyridine rings is 1. The Labute approximate surface area is 190 Å². The Morgan fingerprint density at radius 3 is 2.50 bits per heavy atom. The predicted octanol–water partition coefficient (Wildman–Crippen LogP) is 5.46. The largest absolute Gasteiger partial charge is 0.361 e. The molecule has 7 heteroatoms. The molecular formula is C25H21N3O3S. The summed E-state index contributed by atoms with van der Waals surface area (Å²) in [5.74, 6) is 0.971. The van der Waals surface area contributed by atoms with Gasteiger partial charge >= 0.3 is 0 Å². The molecular weight excluding hydrogens is 422 g/mol. The van der Waals surface area contributed by atoms with E-state index in [4.69, 9.17) is 4.52 Å². The average molecular weight is 444 g/mol. The van der Waals surface area contributed by atoms with Crippen LogP contribution in [0.1, 0.15) is 43.3 Å². The van der Waals surface area contributed by atoms with Crippen molar-refractivity contribution in [3.63, 3.8) is 0 Å². The predicted molar refractivity (Wildman–Crippen MR) is 124 cm³/mol. The van der Waals surface area contributed by atoms with Crippen molar-refractivity contribution in [3.8, 4) is 0 Å². The van der Waals surface area contributed by atoms with Crippen LogP contribution in [0.3, 0.4) is 0 Å². The van der Waals surface area contributed by atoms with Crippen LogP contribution in [0.25, 0.3) is 0 Å². The van der Waals surface area contributed by atoms with Gasteiger partial charge in [-0.1, -0.05) is 47.6 Å². The van der Waals surface area contributed by atoms with Crippen molar-refractivity contribution in [3.05, 3.63) is 107 Å². The quantitative estimate of drug-likeness (QED) is 0.301. The highest BCUT2D eigenvalue weighted by Gasteiger charge is 2.16. The zero-order chi connectivity index (χ0) is 22.5. The number of ketones is 1. The van der Waals surface area contributed by atoms with E-state index in [-0.39, 0.29) is 11.7 Å². The SMILES string of the molecule is Cc1noc(C)c1CSc1ncccc1C(=O)Nc1cccc(C(=O)c2ccccc2)c1. The first kappa shape index (κ1) is 21.5. The van der Waals surface area contributed by atoms with E-state index in [1.54, 1.807) is 54.7 Å². The van der Waals surface area contributed by atoms with Crippen LogP contribution in [0.4, 0.5) is 5.69 Å². The highest BCUT2D eigenvalue weighted by molar-refractivity contribution is 7.98. The van der Waals surface area contributed by atoms with Crippen LogP contribution >= 0.6 is 11.8 Å². The Morgan fingerprint density at radius 1 is 0.969 bits per heavy atom. The van der Waals surface area contributed by atoms with Gasteiger partial charge in [-0.05, 0) is 38.1 Å². The van der Waals surface area contributed by atoms with E-state index in [2.05, 4.69) is 15.5 Å². The van der Waals surface area contributed by atoms with Crippen LogP contribution in [0.5, 0.6) is 0 Å². The minimum atomic E-state index is -0.288. The summed E-state index contributed by atoms with van der Waals surface area (Å²) < 4.78 is 5.21. The first-order valence-electron chi connectivity index (χ1n) is 10.0. The van der Waals surface area contributed by atoms with Crippen LogP contribution in [-0.2, 0) is 5.75 Å². The summed E-state index contributed by atoms with van der Waals surface area (Å²) >= 11 is 1.45. The van der Waals surface area contributed by atoms with Crippen molar-refractivity contribution >= 4 is 29.1 Å². The molecule has 0 saturated carbocycles. The number of benzene rings is 2. The average Bonchev–Trinajstić information content (AvgIpc) is 3.15. The fraction of sp³-hybridized carbons (Fsp3) is 0.120. The van der Waals surface area contributed by atoms with Gasteiger partial charge in [0.05, 0.1) is 11.3 Å². The fourth-order valence-electron chi connectivity index (χ4n) is 3.22. The molecule has 4 rings (SSSR count). The molecule has 0 aliphatic carbocycles. The van der Waals surface area contributed by atoms with Gasteiger partial charge in [-0.15, -0.1) is 11.8 Å². The standard InChI is InChI=1S/C25H21N3O3S/c1-16-22(17(2)31-28-16)15-32-25-21(12-7-13-26-25)24(30)27-20-11-6-10-19(14-20)23(29)18-8-4-3-5-9-18/h3-14H,15H2,1-2H3,(H,27,30). The van der Waals surface area contributed by atoms with Crippen LogP contribution in [-0.4, -0.2) is 21.8 Å². The molecule has 0 fully saturated rings. The summed E-state index contributed by atoms with van der Waals surface area (Å²) in [6.45, 7) is 3.76. The van der Waals surface area contributed by atoms with Crippen molar-refractivity contribution in [2.75, 3.05) is 5.32 Å². The number of amides is 1. The molecule has 0 radical (unpaired) electrons.